The van der Waals surface area contributed by atoms with E-state index in [0.717, 1.165) is 33.9 Å². The Labute approximate surface area is 250 Å². The molecule has 4 rings (SSSR count). The quantitative estimate of drug-likeness (QED) is 0.117. The van der Waals surface area contributed by atoms with E-state index in [0.29, 0.717) is 13.2 Å². The van der Waals surface area contributed by atoms with Gasteiger partial charge in [0.2, 0.25) is 0 Å². The molecule has 0 N–H and O–H groups in total. The summed E-state index contributed by atoms with van der Waals surface area (Å²) >= 11 is 1.46. The summed E-state index contributed by atoms with van der Waals surface area (Å²) in [4.78, 5) is 3.12. The fourth-order valence-corrected chi connectivity index (χ4v) is 5.38. The molecule has 42 heavy (non-hydrogen) atoms. The molecule has 1 aliphatic rings. The van der Waals surface area contributed by atoms with Gasteiger partial charge in [-0.25, -0.2) is 0 Å². The van der Waals surface area contributed by atoms with Crippen LogP contribution in [0.15, 0.2) is 77.9 Å². The monoisotopic (exact) mass is 595 g/mol. The number of ether oxygens (including phenoxy) is 7. The number of azide groups is 1. The van der Waals surface area contributed by atoms with Gasteiger partial charge in [0.15, 0.2) is 0 Å². The zero-order valence-corrected chi connectivity index (χ0v) is 25.1. The highest BCUT2D eigenvalue weighted by Crippen LogP contribution is 2.34. The Kier molecular flexibility index (Phi) is 12.2. The first-order valence-electron chi connectivity index (χ1n) is 13.5. The highest BCUT2D eigenvalue weighted by molar-refractivity contribution is 7.99. The maximum absolute atomic E-state index is 9.44. The molecular weight excluding hydrogens is 558 g/mol. The van der Waals surface area contributed by atoms with Gasteiger partial charge in [0.1, 0.15) is 40.9 Å². The van der Waals surface area contributed by atoms with Crippen molar-refractivity contribution in [3.63, 3.8) is 0 Å². The first kappa shape index (κ1) is 31.5. The van der Waals surface area contributed by atoms with Crippen molar-refractivity contribution >= 4 is 11.8 Å². The number of benzene rings is 3. The van der Waals surface area contributed by atoms with Crippen LogP contribution in [-0.2, 0) is 38.8 Å². The van der Waals surface area contributed by atoms with Crippen LogP contribution < -0.4 is 14.2 Å². The summed E-state index contributed by atoms with van der Waals surface area (Å²) in [5.41, 5.74) is 11.9. The molecule has 2 unspecified atom stereocenters. The van der Waals surface area contributed by atoms with E-state index in [-0.39, 0.29) is 13.2 Å². The van der Waals surface area contributed by atoms with Crippen molar-refractivity contribution in [2.45, 2.75) is 49.6 Å². The van der Waals surface area contributed by atoms with Gasteiger partial charge in [0.05, 0.1) is 53.9 Å². The maximum Gasteiger partial charge on any atom is 0.118 e. The topological polar surface area (TPSA) is 113 Å². The summed E-state index contributed by atoms with van der Waals surface area (Å²) in [7, 11) is 4.89. The molecule has 0 bridgehead atoms. The highest BCUT2D eigenvalue weighted by Gasteiger charge is 2.47. The fraction of sp³-hybridized carbons (Fsp3) is 0.419. The lowest BCUT2D eigenvalue weighted by atomic mass is 9.97. The molecule has 3 aromatic rings. The third kappa shape index (κ3) is 8.54. The number of hydrogen-bond donors (Lipinski definition) is 0. The highest BCUT2D eigenvalue weighted by atomic mass is 32.2. The molecule has 1 saturated heterocycles. The van der Waals surface area contributed by atoms with Gasteiger partial charge in [-0.1, -0.05) is 41.5 Å². The van der Waals surface area contributed by atoms with Crippen molar-refractivity contribution in [3.05, 3.63) is 99.9 Å². The molecule has 3 aromatic carbocycles. The Morgan fingerprint density at radius 2 is 1.17 bits per heavy atom. The first-order chi connectivity index (χ1) is 20.6. The van der Waals surface area contributed by atoms with Crippen LogP contribution in [-0.4, -0.2) is 64.0 Å². The molecule has 1 heterocycles. The van der Waals surface area contributed by atoms with Gasteiger partial charge in [0, 0.05) is 4.91 Å². The van der Waals surface area contributed by atoms with Crippen molar-refractivity contribution in [2.24, 2.45) is 5.11 Å². The Morgan fingerprint density at radius 3 is 1.60 bits per heavy atom. The van der Waals surface area contributed by atoms with E-state index in [2.05, 4.69) is 10.0 Å². The second kappa shape index (κ2) is 16.3. The summed E-state index contributed by atoms with van der Waals surface area (Å²) in [6.07, 6.45) is 0.255. The van der Waals surface area contributed by atoms with Crippen molar-refractivity contribution < 1.29 is 33.2 Å². The van der Waals surface area contributed by atoms with Crippen LogP contribution in [0.4, 0.5) is 0 Å². The van der Waals surface area contributed by atoms with E-state index < -0.39 is 29.8 Å². The minimum absolute atomic E-state index is 0.252. The maximum atomic E-state index is 9.44. The molecule has 1 aliphatic heterocycles. The van der Waals surface area contributed by atoms with Crippen molar-refractivity contribution in [1.29, 1.82) is 0 Å². The van der Waals surface area contributed by atoms with Crippen LogP contribution in [0.2, 0.25) is 0 Å². The van der Waals surface area contributed by atoms with Crippen LogP contribution in [0.1, 0.15) is 16.7 Å². The van der Waals surface area contributed by atoms with Gasteiger partial charge >= 0.3 is 0 Å². The Balaban J connectivity index is 1.55. The Bertz CT molecular complexity index is 1270. The molecule has 0 radical (unpaired) electrons. The predicted molar refractivity (Wildman–Crippen MR) is 161 cm³/mol. The van der Waals surface area contributed by atoms with E-state index in [9.17, 15) is 5.53 Å². The molecule has 224 valence electrons. The second-order valence-electron chi connectivity index (χ2n) is 9.58. The number of thioether (sulfide) groups is 1. The summed E-state index contributed by atoms with van der Waals surface area (Å²) < 4.78 is 41.4. The summed E-state index contributed by atoms with van der Waals surface area (Å²) in [5.74, 6) is 2.30. The molecule has 0 aliphatic carbocycles. The molecular formula is C31H37N3O7S. The number of methoxy groups -OCH3 is 3. The molecule has 0 spiro atoms. The minimum Gasteiger partial charge on any atom is -0.497 e. The number of rotatable bonds is 15. The first-order valence-corrected chi connectivity index (χ1v) is 14.8. The normalized spacial score (nSPS) is 21.8. The second-order valence-corrected chi connectivity index (χ2v) is 10.5. The zero-order chi connectivity index (χ0) is 29.7. The van der Waals surface area contributed by atoms with E-state index in [1.54, 1.807) is 21.3 Å². The lowest BCUT2D eigenvalue weighted by Crippen LogP contribution is -2.58. The number of hydrogen-bond acceptors (Lipinski definition) is 9. The number of nitrogens with zero attached hydrogens (tertiary/aromatic N) is 3. The summed E-state index contributed by atoms with van der Waals surface area (Å²) in [6, 6.07) is 22.4. The Morgan fingerprint density at radius 1 is 0.714 bits per heavy atom. The molecule has 0 saturated carbocycles. The molecule has 0 amide bonds. The third-order valence-corrected chi connectivity index (χ3v) is 7.80. The predicted octanol–water partition coefficient (Wildman–Crippen LogP) is 6.17. The van der Waals surface area contributed by atoms with Gasteiger partial charge in [-0.3, -0.25) is 0 Å². The van der Waals surface area contributed by atoms with E-state index in [1.165, 1.54) is 11.8 Å². The largest absolute Gasteiger partial charge is 0.497 e. The molecule has 1 fully saturated rings. The van der Waals surface area contributed by atoms with Crippen molar-refractivity contribution in [1.82, 2.24) is 0 Å². The Hall–Kier alpha value is -3.44. The lowest BCUT2D eigenvalue weighted by molar-refractivity contribution is -0.211. The molecule has 11 heteroatoms. The smallest absolute Gasteiger partial charge is 0.118 e. The van der Waals surface area contributed by atoms with Gasteiger partial charge in [-0.05, 0) is 64.9 Å². The van der Waals surface area contributed by atoms with Gasteiger partial charge in [-0.15, -0.1) is 11.8 Å². The van der Waals surface area contributed by atoms with E-state index in [4.69, 9.17) is 33.2 Å². The van der Waals surface area contributed by atoms with E-state index in [1.807, 2.05) is 79.1 Å². The van der Waals surface area contributed by atoms with Crippen molar-refractivity contribution in [3.8, 4) is 17.2 Å². The van der Waals surface area contributed by atoms with Gasteiger partial charge in [-0.2, -0.15) is 0 Å². The van der Waals surface area contributed by atoms with Crippen LogP contribution in [0.3, 0.4) is 0 Å². The van der Waals surface area contributed by atoms with Crippen LogP contribution in [0, 0.1) is 0 Å². The zero-order valence-electron chi connectivity index (χ0n) is 24.3. The van der Waals surface area contributed by atoms with E-state index >= 15 is 0 Å². The summed E-state index contributed by atoms with van der Waals surface area (Å²) in [5, 5.41) is 4.10. The lowest BCUT2D eigenvalue weighted by Gasteiger charge is -2.44. The molecule has 0 aromatic heterocycles. The van der Waals surface area contributed by atoms with Gasteiger partial charge in [0.25, 0.3) is 0 Å². The van der Waals surface area contributed by atoms with Gasteiger partial charge < -0.3 is 33.2 Å². The minimum atomic E-state index is -0.623. The standard InChI is InChI=1S/C31H37N3O7S/c1-35-24-11-5-21(6-12-24)17-38-20-27-29(39-18-22-7-13-25(36-2)14-8-22)30(28(33-34-32)31(41-27)42-4)40-19-23-9-15-26(37-3)16-10-23/h5-16,27-31H,17-20H2,1-4H3/t27?,28?,29-,30-,31+/m1/s1. The SMILES string of the molecule is COc1ccc(COCC2O[C@@H](SC)C(N=[N+]=[N-])[C@@H](OCc3ccc(OC)cc3)[C@@H]2OCc2ccc(OC)cc2)cc1. The molecule has 10 nitrogen and oxygen atoms in total. The average molecular weight is 596 g/mol. The van der Waals surface area contributed by atoms with Crippen LogP contribution >= 0.6 is 11.8 Å². The fourth-order valence-electron chi connectivity index (χ4n) is 4.64. The van der Waals surface area contributed by atoms with Crippen LogP contribution in [0.25, 0.3) is 10.4 Å². The summed E-state index contributed by atoms with van der Waals surface area (Å²) in [6.45, 7) is 1.22. The van der Waals surface area contributed by atoms with Crippen molar-refractivity contribution in [2.75, 3.05) is 34.2 Å². The third-order valence-electron chi connectivity index (χ3n) is 6.94. The molecule has 5 atom stereocenters. The van der Waals surface area contributed by atoms with Crippen LogP contribution in [0.5, 0.6) is 17.2 Å². The average Bonchev–Trinajstić information content (AvgIpc) is 3.04.